The van der Waals surface area contributed by atoms with Crippen LogP contribution in [0, 0.1) is 13.8 Å². The lowest BCUT2D eigenvalue weighted by atomic mass is 10.1. The summed E-state index contributed by atoms with van der Waals surface area (Å²) in [6.07, 6.45) is -4.32. The van der Waals surface area contributed by atoms with Crippen LogP contribution in [0.25, 0.3) is 0 Å². The standard InChI is InChI=1S/C15H17F3N2O/c1-9(14-10(2)20-21-11(14)3)19-8-12-5-4-6-13(7-12)15(16,17)18/h4-7,9,19H,8H2,1-3H3. The van der Waals surface area contributed by atoms with Gasteiger partial charge < -0.3 is 9.84 Å². The Bertz CT molecular complexity index is 600. The van der Waals surface area contributed by atoms with E-state index < -0.39 is 11.7 Å². The number of rotatable bonds is 4. The Morgan fingerprint density at radius 1 is 1.29 bits per heavy atom. The van der Waals surface area contributed by atoms with E-state index in [0.29, 0.717) is 12.1 Å². The van der Waals surface area contributed by atoms with Gasteiger partial charge in [-0.2, -0.15) is 13.2 Å². The highest BCUT2D eigenvalue weighted by Crippen LogP contribution is 2.29. The van der Waals surface area contributed by atoms with Crippen LogP contribution in [0.4, 0.5) is 13.2 Å². The minimum absolute atomic E-state index is 0.0502. The molecular formula is C15H17F3N2O. The maximum atomic E-state index is 12.7. The molecule has 2 aromatic rings. The quantitative estimate of drug-likeness (QED) is 0.921. The molecule has 1 atom stereocenters. The van der Waals surface area contributed by atoms with E-state index in [9.17, 15) is 13.2 Å². The average Bonchev–Trinajstić information content (AvgIpc) is 2.75. The van der Waals surface area contributed by atoms with Crippen LogP contribution in [0.3, 0.4) is 0 Å². The Labute approximate surface area is 121 Å². The zero-order chi connectivity index (χ0) is 15.6. The van der Waals surface area contributed by atoms with Gasteiger partial charge in [0.15, 0.2) is 0 Å². The van der Waals surface area contributed by atoms with E-state index in [4.69, 9.17) is 4.52 Å². The summed E-state index contributed by atoms with van der Waals surface area (Å²) >= 11 is 0. The van der Waals surface area contributed by atoms with Crippen LogP contribution in [-0.2, 0) is 12.7 Å². The molecule has 1 N–H and O–H groups in total. The lowest BCUT2D eigenvalue weighted by Crippen LogP contribution is -2.19. The second kappa shape index (κ2) is 5.89. The molecule has 0 saturated heterocycles. The molecule has 0 spiro atoms. The molecule has 0 saturated carbocycles. The minimum Gasteiger partial charge on any atom is -0.361 e. The van der Waals surface area contributed by atoms with Crippen LogP contribution >= 0.6 is 0 Å². The number of hydrogen-bond acceptors (Lipinski definition) is 3. The number of alkyl halides is 3. The molecule has 114 valence electrons. The van der Waals surface area contributed by atoms with Gasteiger partial charge in [0.2, 0.25) is 0 Å². The molecule has 0 aliphatic rings. The number of aromatic nitrogens is 1. The number of benzene rings is 1. The maximum Gasteiger partial charge on any atom is 0.416 e. The Morgan fingerprint density at radius 3 is 2.57 bits per heavy atom. The van der Waals surface area contributed by atoms with E-state index in [2.05, 4.69) is 10.5 Å². The average molecular weight is 298 g/mol. The topological polar surface area (TPSA) is 38.1 Å². The zero-order valence-electron chi connectivity index (χ0n) is 12.1. The Kier molecular flexibility index (Phi) is 4.37. The highest BCUT2D eigenvalue weighted by molar-refractivity contribution is 5.27. The monoisotopic (exact) mass is 298 g/mol. The van der Waals surface area contributed by atoms with E-state index in [1.807, 2.05) is 20.8 Å². The zero-order valence-corrected chi connectivity index (χ0v) is 12.1. The summed E-state index contributed by atoms with van der Waals surface area (Å²) < 4.78 is 43.1. The van der Waals surface area contributed by atoms with E-state index in [-0.39, 0.29) is 6.04 Å². The third kappa shape index (κ3) is 3.64. The van der Waals surface area contributed by atoms with Crippen molar-refractivity contribution in [1.82, 2.24) is 10.5 Å². The second-order valence-corrected chi connectivity index (χ2v) is 5.04. The van der Waals surface area contributed by atoms with Crippen molar-refractivity contribution in [2.24, 2.45) is 0 Å². The molecule has 0 fully saturated rings. The molecule has 0 aliphatic carbocycles. The summed E-state index contributed by atoms with van der Waals surface area (Å²) in [5.41, 5.74) is 1.69. The van der Waals surface area contributed by atoms with Crippen LogP contribution in [0.5, 0.6) is 0 Å². The van der Waals surface area contributed by atoms with Crippen molar-refractivity contribution in [3.05, 3.63) is 52.4 Å². The number of aryl methyl sites for hydroxylation is 2. The molecule has 1 aromatic carbocycles. The van der Waals surface area contributed by atoms with Crippen molar-refractivity contribution in [3.8, 4) is 0 Å². The van der Waals surface area contributed by atoms with Gasteiger partial charge in [0.1, 0.15) is 5.76 Å². The van der Waals surface area contributed by atoms with Crippen LogP contribution in [-0.4, -0.2) is 5.16 Å². The van der Waals surface area contributed by atoms with Gasteiger partial charge in [-0.3, -0.25) is 0 Å². The summed E-state index contributed by atoms with van der Waals surface area (Å²) in [5, 5.41) is 7.07. The molecule has 21 heavy (non-hydrogen) atoms. The van der Waals surface area contributed by atoms with Crippen molar-refractivity contribution < 1.29 is 17.7 Å². The summed E-state index contributed by atoms with van der Waals surface area (Å²) in [7, 11) is 0. The van der Waals surface area contributed by atoms with Crippen LogP contribution in [0.1, 0.15) is 41.1 Å². The minimum atomic E-state index is -4.32. The number of nitrogens with zero attached hydrogens (tertiary/aromatic N) is 1. The molecule has 0 aliphatic heterocycles. The largest absolute Gasteiger partial charge is 0.416 e. The first-order chi connectivity index (χ1) is 9.79. The van der Waals surface area contributed by atoms with Gasteiger partial charge in [-0.15, -0.1) is 0 Å². The fraction of sp³-hybridized carbons (Fsp3) is 0.400. The number of hydrogen-bond donors (Lipinski definition) is 1. The first-order valence-corrected chi connectivity index (χ1v) is 6.61. The van der Waals surface area contributed by atoms with Crippen molar-refractivity contribution in [2.45, 2.75) is 39.5 Å². The molecule has 1 aromatic heterocycles. The SMILES string of the molecule is Cc1noc(C)c1C(C)NCc1cccc(C(F)(F)F)c1. The van der Waals surface area contributed by atoms with Gasteiger partial charge in [-0.1, -0.05) is 23.4 Å². The molecule has 3 nitrogen and oxygen atoms in total. The fourth-order valence-electron chi connectivity index (χ4n) is 2.34. The molecule has 0 bridgehead atoms. The van der Waals surface area contributed by atoms with Crippen molar-refractivity contribution in [1.29, 1.82) is 0 Å². The van der Waals surface area contributed by atoms with Gasteiger partial charge in [-0.05, 0) is 32.4 Å². The van der Waals surface area contributed by atoms with Crippen LogP contribution in [0.15, 0.2) is 28.8 Å². The third-order valence-corrected chi connectivity index (χ3v) is 3.39. The molecule has 0 radical (unpaired) electrons. The summed E-state index contributed by atoms with van der Waals surface area (Å²) in [5.74, 6) is 0.719. The van der Waals surface area contributed by atoms with Gasteiger partial charge in [-0.25, -0.2) is 0 Å². The van der Waals surface area contributed by atoms with E-state index in [0.717, 1.165) is 29.2 Å². The molecule has 1 heterocycles. The highest BCUT2D eigenvalue weighted by Gasteiger charge is 2.30. The van der Waals surface area contributed by atoms with Crippen molar-refractivity contribution in [2.75, 3.05) is 0 Å². The number of nitrogens with one attached hydrogen (secondary N) is 1. The second-order valence-electron chi connectivity index (χ2n) is 5.04. The van der Waals surface area contributed by atoms with Gasteiger partial charge >= 0.3 is 6.18 Å². The molecular weight excluding hydrogens is 281 g/mol. The Balaban J connectivity index is 2.07. The van der Waals surface area contributed by atoms with Crippen molar-refractivity contribution >= 4 is 0 Å². The predicted octanol–water partition coefficient (Wildman–Crippen LogP) is 4.16. The smallest absolute Gasteiger partial charge is 0.361 e. The van der Waals surface area contributed by atoms with E-state index in [1.54, 1.807) is 6.07 Å². The predicted molar refractivity (Wildman–Crippen MR) is 72.7 cm³/mol. The molecule has 6 heteroatoms. The highest BCUT2D eigenvalue weighted by atomic mass is 19.4. The van der Waals surface area contributed by atoms with Crippen LogP contribution in [0.2, 0.25) is 0 Å². The maximum absolute atomic E-state index is 12.7. The molecule has 1 unspecified atom stereocenters. The normalized spacial score (nSPS) is 13.4. The van der Waals surface area contributed by atoms with Gasteiger partial charge in [0.25, 0.3) is 0 Å². The summed E-state index contributed by atoms with van der Waals surface area (Å²) in [6.45, 7) is 5.93. The van der Waals surface area contributed by atoms with Gasteiger partial charge in [0, 0.05) is 18.2 Å². The number of halogens is 3. The Morgan fingerprint density at radius 2 is 2.00 bits per heavy atom. The first-order valence-electron chi connectivity index (χ1n) is 6.61. The van der Waals surface area contributed by atoms with E-state index in [1.165, 1.54) is 6.07 Å². The van der Waals surface area contributed by atoms with Gasteiger partial charge in [0.05, 0.1) is 11.3 Å². The first kappa shape index (κ1) is 15.6. The lowest BCUT2D eigenvalue weighted by Gasteiger charge is -2.14. The van der Waals surface area contributed by atoms with Crippen LogP contribution < -0.4 is 5.32 Å². The van der Waals surface area contributed by atoms with E-state index >= 15 is 0 Å². The summed E-state index contributed by atoms with van der Waals surface area (Å²) in [6, 6.07) is 5.27. The molecule has 0 amide bonds. The fourth-order valence-corrected chi connectivity index (χ4v) is 2.34. The third-order valence-electron chi connectivity index (χ3n) is 3.39. The van der Waals surface area contributed by atoms with Crippen molar-refractivity contribution in [3.63, 3.8) is 0 Å². The lowest BCUT2D eigenvalue weighted by molar-refractivity contribution is -0.137. The molecule has 2 rings (SSSR count). The Hall–Kier alpha value is -1.82. The summed E-state index contributed by atoms with van der Waals surface area (Å²) in [4.78, 5) is 0.